The number of hydrogen-bond donors (Lipinski definition) is 1. The SMILES string of the molecule is CCCCC(N)(CC)CC1CCC(C)O1. The molecule has 0 aromatic carbocycles. The molecule has 90 valence electrons. The third-order valence-corrected chi connectivity index (χ3v) is 3.69. The van der Waals surface area contributed by atoms with Crippen LogP contribution in [0.25, 0.3) is 0 Å². The Balaban J connectivity index is 2.37. The second-order valence-electron chi connectivity index (χ2n) is 5.17. The Hall–Kier alpha value is -0.0800. The molecule has 1 aliphatic heterocycles. The van der Waals surface area contributed by atoms with E-state index < -0.39 is 0 Å². The molecule has 0 amide bonds. The highest BCUT2D eigenvalue weighted by Crippen LogP contribution is 2.29. The van der Waals surface area contributed by atoms with Crippen LogP contribution in [-0.2, 0) is 4.74 Å². The Morgan fingerprint density at radius 3 is 2.53 bits per heavy atom. The van der Waals surface area contributed by atoms with Gasteiger partial charge in [-0.25, -0.2) is 0 Å². The zero-order valence-corrected chi connectivity index (χ0v) is 10.6. The minimum Gasteiger partial charge on any atom is -0.375 e. The molecule has 0 bridgehead atoms. The van der Waals surface area contributed by atoms with Crippen molar-refractivity contribution < 1.29 is 4.74 Å². The van der Waals surface area contributed by atoms with E-state index in [1.54, 1.807) is 0 Å². The van der Waals surface area contributed by atoms with Gasteiger partial charge in [0.2, 0.25) is 0 Å². The van der Waals surface area contributed by atoms with Gasteiger partial charge in [0.25, 0.3) is 0 Å². The van der Waals surface area contributed by atoms with E-state index in [9.17, 15) is 0 Å². The predicted molar refractivity (Wildman–Crippen MR) is 64.9 cm³/mol. The largest absolute Gasteiger partial charge is 0.375 e. The standard InChI is InChI=1S/C13H27NO/c1-4-6-9-13(14,5-2)10-12-8-7-11(3)15-12/h11-12H,4-10,14H2,1-3H3. The van der Waals surface area contributed by atoms with Gasteiger partial charge in [0.05, 0.1) is 12.2 Å². The monoisotopic (exact) mass is 213 g/mol. The van der Waals surface area contributed by atoms with Gasteiger partial charge in [0.1, 0.15) is 0 Å². The highest BCUT2D eigenvalue weighted by atomic mass is 16.5. The van der Waals surface area contributed by atoms with Crippen LogP contribution in [0, 0.1) is 0 Å². The maximum atomic E-state index is 6.43. The van der Waals surface area contributed by atoms with E-state index in [0.29, 0.717) is 12.2 Å². The van der Waals surface area contributed by atoms with E-state index in [0.717, 1.165) is 19.3 Å². The van der Waals surface area contributed by atoms with Crippen LogP contribution in [0.3, 0.4) is 0 Å². The molecule has 1 rings (SSSR count). The Bertz CT molecular complexity index is 183. The van der Waals surface area contributed by atoms with Crippen LogP contribution in [0.1, 0.15) is 65.7 Å². The molecule has 0 aromatic rings. The molecular formula is C13H27NO. The Morgan fingerprint density at radius 1 is 1.33 bits per heavy atom. The Kier molecular flexibility index (Phi) is 5.07. The van der Waals surface area contributed by atoms with Crippen molar-refractivity contribution in [3.63, 3.8) is 0 Å². The van der Waals surface area contributed by atoms with Crippen LogP contribution in [0.4, 0.5) is 0 Å². The number of rotatable bonds is 6. The van der Waals surface area contributed by atoms with Gasteiger partial charge in [-0.05, 0) is 39.0 Å². The van der Waals surface area contributed by atoms with Gasteiger partial charge in [0, 0.05) is 5.54 Å². The lowest BCUT2D eigenvalue weighted by Gasteiger charge is -2.31. The molecule has 2 nitrogen and oxygen atoms in total. The fourth-order valence-corrected chi connectivity index (χ4v) is 2.44. The lowest BCUT2D eigenvalue weighted by Crippen LogP contribution is -2.42. The first kappa shape index (κ1) is 13.0. The molecule has 0 aliphatic carbocycles. The molecule has 2 heteroatoms. The van der Waals surface area contributed by atoms with E-state index >= 15 is 0 Å². The maximum absolute atomic E-state index is 6.43. The summed E-state index contributed by atoms with van der Waals surface area (Å²) in [5, 5.41) is 0. The topological polar surface area (TPSA) is 35.2 Å². The van der Waals surface area contributed by atoms with Gasteiger partial charge in [-0.1, -0.05) is 26.7 Å². The maximum Gasteiger partial charge on any atom is 0.0597 e. The Morgan fingerprint density at radius 2 is 2.07 bits per heavy atom. The van der Waals surface area contributed by atoms with Crippen molar-refractivity contribution >= 4 is 0 Å². The number of ether oxygens (including phenoxy) is 1. The molecular weight excluding hydrogens is 186 g/mol. The summed E-state index contributed by atoms with van der Waals surface area (Å²) in [6.07, 6.45) is 9.02. The Labute approximate surface area is 94.6 Å². The molecule has 3 unspecified atom stereocenters. The van der Waals surface area contributed by atoms with Crippen LogP contribution in [-0.4, -0.2) is 17.7 Å². The van der Waals surface area contributed by atoms with Gasteiger partial charge in [0.15, 0.2) is 0 Å². The molecule has 1 fully saturated rings. The molecule has 0 radical (unpaired) electrons. The first-order valence-corrected chi connectivity index (χ1v) is 6.54. The summed E-state index contributed by atoms with van der Waals surface area (Å²) in [7, 11) is 0. The molecule has 2 N–H and O–H groups in total. The second-order valence-corrected chi connectivity index (χ2v) is 5.17. The lowest BCUT2D eigenvalue weighted by atomic mass is 9.85. The van der Waals surface area contributed by atoms with Gasteiger partial charge >= 0.3 is 0 Å². The third kappa shape index (κ3) is 4.12. The van der Waals surface area contributed by atoms with Crippen LogP contribution >= 0.6 is 0 Å². The minimum absolute atomic E-state index is 0.0186. The summed E-state index contributed by atoms with van der Waals surface area (Å²) in [5.74, 6) is 0. The summed E-state index contributed by atoms with van der Waals surface area (Å²) >= 11 is 0. The van der Waals surface area contributed by atoms with Crippen molar-refractivity contribution in [3.8, 4) is 0 Å². The summed E-state index contributed by atoms with van der Waals surface area (Å²) in [4.78, 5) is 0. The third-order valence-electron chi connectivity index (χ3n) is 3.69. The van der Waals surface area contributed by atoms with Crippen molar-refractivity contribution in [1.82, 2.24) is 0 Å². The summed E-state index contributed by atoms with van der Waals surface area (Å²) in [5.41, 5.74) is 6.45. The summed E-state index contributed by atoms with van der Waals surface area (Å²) in [6.45, 7) is 6.59. The zero-order valence-electron chi connectivity index (χ0n) is 10.6. The van der Waals surface area contributed by atoms with E-state index in [4.69, 9.17) is 10.5 Å². The molecule has 3 atom stereocenters. The average Bonchev–Trinajstić information content (AvgIpc) is 2.61. The van der Waals surface area contributed by atoms with E-state index in [2.05, 4.69) is 20.8 Å². The number of nitrogens with two attached hydrogens (primary N) is 1. The van der Waals surface area contributed by atoms with E-state index in [-0.39, 0.29) is 5.54 Å². The summed E-state index contributed by atoms with van der Waals surface area (Å²) < 4.78 is 5.86. The van der Waals surface area contributed by atoms with Crippen molar-refractivity contribution in [3.05, 3.63) is 0 Å². The van der Waals surface area contributed by atoms with Crippen molar-refractivity contribution in [2.24, 2.45) is 5.73 Å². The quantitative estimate of drug-likeness (QED) is 0.735. The smallest absolute Gasteiger partial charge is 0.0597 e. The average molecular weight is 213 g/mol. The molecule has 15 heavy (non-hydrogen) atoms. The van der Waals surface area contributed by atoms with Crippen molar-refractivity contribution in [1.29, 1.82) is 0 Å². The first-order chi connectivity index (χ1) is 7.09. The van der Waals surface area contributed by atoms with Crippen LogP contribution in [0.15, 0.2) is 0 Å². The van der Waals surface area contributed by atoms with E-state index in [1.807, 2.05) is 0 Å². The molecule has 1 heterocycles. The van der Waals surface area contributed by atoms with Crippen LogP contribution in [0.2, 0.25) is 0 Å². The van der Waals surface area contributed by atoms with E-state index in [1.165, 1.54) is 25.7 Å². The van der Waals surface area contributed by atoms with Gasteiger partial charge in [-0.15, -0.1) is 0 Å². The minimum atomic E-state index is 0.0186. The predicted octanol–water partition coefficient (Wildman–Crippen LogP) is 3.24. The lowest BCUT2D eigenvalue weighted by molar-refractivity contribution is 0.0346. The molecule has 0 aromatic heterocycles. The van der Waals surface area contributed by atoms with Crippen LogP contribution in [0.5, 0.6) is 0 Å². The molecule has 0 saturated carbocycles. The first-order valence-electron chi connectivity index (χ1n) is 6.54. The number of unbranched alkanes of at least 4 members (excludes halogenated alkanes) is 1. The van der Waals surface area contributed by atoms with Crippen molar-refractivity contribution in [2.45, 2.75) is 83.5 Å². The fraction of sp³-hybridized carbons (Fsp3) is 1.00. The fourth-order valence-electron chi connectivity index (χ4n) is 2.44. The van der Waals surface area contributed by atoms with Crippen LogP contribution < -0.4 is 5.73 Å². The highest BCUT2D eigenvalue weighted by molar-refractivity contribution is 4.87. The van der Waals surface area contributed by atoms with Gasteiger partial charge < -0.3 is 10.5 Å². The highest BCUT2D eigenvalue weighted by Gasteiger charge is 2.30. The van der Waals surface area contributed by atoms with Gasteiger partial charge in [-0.3, -0.25) is 0 Å². The molecule has 1 aliphatic rings. The van der Waals surface area contributed by atoms with Crippen molar-refractivity contribution in [2.75, 3.05) is 0 Å². The molecule has 1 saturated heterocycles. The normalized spacial score (nSPS) is 30.4. The summed E-state index contributed by atoms with van der Waals surface area (Å²) in [6, 6.07) is 0. The second kappa shape index (κ2) is 5.86. The molecule has 0 spiro atoms. The van der Waals surface area contributed by atoms with Gasteiger partial charge in [-0.2, -0.15) is 0 Å². The zero-order chi connectivity index (χ0) is 11.3. The number of hydrogen-bond acceptors (Lipinski definition) is 2.